The molecule has 1 rings (SSSR count). The molecule has 0 saturated heterocycles. The van der Waals surface area contributed by atoms with Gasteiger partial charge in [-0.2, -0.15) is 0 Å². The molecule has 6 nitrogen and oxygen atoms in total. The van der Waals surface area contributed by atoms with Gasteiger partial charge in [-0.15, -0.1) is 0 Å². The molecule has 0 aliphatic carbocycles. The van der Waals surface area contributed by atoms with Gasteiger partial charge in [-0.1, -0.05) is 11.6 Å². The van der Waals surface area contributed by atoms with Crippen LogP contribution in [0.2, 0.25) is 5.02 Å². The van der Waals surface area contributed by atoms with Gasteiger partial charge < -0.3 is 24.4 Å². The predicted octanol–water partition coefficient (Wildman–Crippen LogP) is 1.98. The number of nitrogens with one attached hydrogen (secondary N) is 1. The van der Waals surface area contributed by atoms with Gasteiger partial charge in [0.2, 0.25) is 0 Å². The molecular weight excluding hydrogens is 296 g/mol. The smallest absolute Gasteiger partial charge is 0.320 e. The summed E-state index contributed by atoms with van der Waals surface area (Å²) in [5, 5.41) is 3.32. The standard InChI is InChI=1S/C14H21ClN2O4/c1-19-9-7-17(8-10-20-2)14(18)16-11-21-13-5-3-12(15)4-6-13/h3-6H,7-11H2,1-2H3,(H,16,18). The topological polar surface area (TPSA) is 60.0 Å². The highest BCUT2D eigenvalue weighted by molar-refractivity contribution is 6.30. The Morgan fingerprint density at radius 2 is 1.71 bits per heavy atom. The molecule has 0 radical (unpaired) electrons. The zero-order valence-electron chi connectivity index (χ0n) is 12.3. The minimum absolute atomic E-state index is 0.0803. The van der Waals surface area contributed by atoms with E-state index in [1.807, 2.05) is 0 Å². The molecule has 0 aliphatic rings. The summed E-state index contributed by atoms with van der Waals surface area (Å²) in [5.74, 6) is 0.639. The third-order valence-corrected chi connectivity index (χ3v) is 2.95. The number of carbonyl (C=O) groups excluding carboxylic acids is 1. The van der Waals surface area contributed by atoms with E-state index >= 15 is 0 Å². The molecule has 118 valence electrons. The molecule has 21 heavy (non-hydrogen) atoms. The minimum Gasteiger partial charge on any atom is -0.473 e. The number of nitrogens with zero attached hydrogens (tertiary/aromatic N) is 1. The zero-order valence-corrected chi connectivity index (χ0v) is 13.1. The van der Waals surface area contributed by atoms with Gasteiger partial charge in [0.15, 0.2) is 6.73 Å². The quantitative estimate of drug-likeness (QED) is 0.708. The fraction of sp³-hybridized carbons (Fsp3) is 0.500. The number of hydrogen-bond donors (Lipinski definition) is 1. The highest BCUT2D eigenvalue weighted by atomic mass is 35.5. The Morgan fingerprint density at radius 3 is 2.24 bits per heavy atom. The second-order valence-electron chi connectivity index (χ2n) is 4.20. The summed E-state index contributed by atoms with van der Waals surface area (Å²) in [6.45, 7) is 2.00. The molecule has 0 aromatic heterocycles. The molecule has 1 aromatic rings. The Bertz CT molecular complexity index is 406. The molecule has 0 aliphatic heterocycles. The van der Waals surface area contributed by atoms with Crippen molar-refractivity contribution in [2.75, 3.05) is 47.3 Å². The lowest BCUT2D eigenvalue weighted by Crippen LogP contribution is -2.44. The molecule has 0 unspecified atom stereocenters. The van der Waals surface area contributed by atoms with Gasteiger partial charge in [0, 0.05) is 32.3 Å². The number of benzene rings is 1. The molecule has 1 aromatic carbocycles. The molecule has 0 saturated carbocycles. The first-order valence-corrected chi connectivity index (χ1v) is 6.94. The summed E-state index contributed by atoms with van der Waals surface area (Å²) in [6.07, 6.45) is 0. The van der Waals surface area contributed by atoms with Crippen molar-refractivity contribution in [1.29, 1.82) is 0 Å². The second kappa shape index (κ2) is 10.3. The first-order chi connectivity index (χ1) is 10.2. The number of amides is 2. The first-order valence-electron chi connectivity index (χ1n) is 6.56. The summed E-state index contributed by atoms with van der Waals surface area (Å²) in [7, 11) is 3.19. The molecular formula is C14H21ClN2O4. The number of carbonyl (C=O) groups is 1. The van der Waals surface area contributed by atoms with E-state index in [-0.39, 0.29) is 12.8 Å². The van der Waals surface area contributed by atoms with Crippen LogP contribution in [-0.2, 0) is 9.47 Å². The molecule has 1 N–H and O–H groups in total. The van der Waals surface area contributed by atoms with Gasteiger partial charge in [0.1, 0.15) is 5.75 Å². The van der Waals surface area contributed by atoms with Crippen molar-refractivity contribution >= 4 is 17.6 Å². The van der Waals surface area contributed by atoms with Gasteiger partial charge in [0.05, 0.1) is 13.2 Å². The van der Waals surface area contributed by atoms with Gasteiger partial charge in [-0.3, -0.25) is 0 Å². The number of hydrogen-bond acceptors (Lipinski definition) is 4. The highest BCUT2D eigenvalue weighted by Crippen LogP contribution is 2.14. The lowest BCUT2D eigenvalue weighted by atomic mass is 10.3. The van der Waals surface area contributed by atoms with Crippen LogP contribution in [0.25, 0.3) is 0 Å². The predicted molar refractivity (Wildman–Crippen MR) is 80.8 cm³/mol. The summed E-state index contributed by atoms with van der Waals surface area (Å²) in [6, 6.07) is 6.70. The average molecular weight is 317 g/mol. The van der Waals surface area contributed by atoms with Gasteiger partial charge in [-0.25, -0.2) is 4.79 Å². The molecule has 0 spiro atoms. The van der Waals surface area contributed by atoms with Crippen LogP contribution in [0.4, 0.5) is 4.79 Å². The van der Waals surface area contributed by atoms with Crippen LogP contribution in [0.3, 0.4) is 0 Å². The van der Waals surface area contributed by atoms with E-state index < -0.39 is 0 Å². The van der Waals surface area contributed by atoms with Crippen molar-refractivity contribution in [1.82, 2.24) is 10.2 Å². The van der Waals surface area contributed by atoms with E-state index in [1.54, 1.807) is 43.4 Å². The molecule has 2 amide bonds. The highest BCUT2D eigenvalue weighted by Gasteiger charge is 2.12. The maximum Gasteiger partial charge on any atom is 0.320 e. The Labute approximate surface area is 129 Å². The Kier molecular flexibility index (Phi) is 8.57. The number of urea groups is 1. The Morgan fingerprint density at radius 1 is 1.14 bits per heavy atom. The lowest BCUT2D eigenvalue weighted by Gasteiger charge is -2.22. The maximum absolute atomic E-state index is 12.0. The van der Waals surface area contributed by atoms with Crippen LogP contribution in [0, 0.1) is 0 Å². The minimum atomic E-state index is -0.224. The summed E-state index contributed by atoms with van der Waals surface area (Å²) < 4.78 is 15.4. The van der Waals surface area contributed by atoms with E-state index in [4.69, 9.17) is 25.8 Å². The summed E-state index contributed by atoms with van der Waals surface area (Å²) in [5.41, 5.74) is 0. The average Bonchev–Trinajstić information content (AvgIpc) is 2.49. The van der Waals surface area contributed by atoms with E-state index in [9.17, 15) is 4.79 Å². The van der Waals surface area contributed by atoms with Gasteiger partial charge in [0.25, 0.3) is 0 Å². The number of halogens is 1. The second-order valence-corrected chi connectivity index (χ2v) is 4.63. The molecule has 0 heterocycles. The number of methoxy groups -OCH3 is 2. The maximum atomic E-state index is 12.0. The fourth-order valence-corrected chi connectivity index (χ4v) is 1.67. The van der Waals surface area contributed by atoms with E-state index in [0.29, 0.717) is 37.1 Å². The van der Waals surface area contributed by atoms with Crippen molar-refractivity contribution in [3.05, 3.63) is 29.3 Å². The van der Waals surface area contributed by atoms with Crippen molar-refractivity contribution in [3.63, 3.8) is 0 Å². The van der Waals surface area contributed by atoms with Crippen molar-refractivity contribution in [2.24, 2.45) is 0 Å². The lowest BCUT2D eigenvalue weighted by molar-refractivity contribution is 0.119. The number of rotatable bonds is 9. The van der Waals surface area contributed by atoms with Crippen LogP contribution in [0.1, 0.15) is 0 Å². The SMILES string of the molecule is COCCN(CCOC)C(=O)NCOc1ccc(Cl)cc1. The Hall–Kier alpha value is -1.50. The van der Waals surface area contributed by atoms with Crippen LogP contribution < -0.4 is 10.1 Å². The van der Waals surface area contributed by atoms with Crippen LogP contribution >= 0.6 is 11.6 Å². The molecule has 7 heteroatoms. The van der Waals surface area contributed by atoms with Crippen molar-refractivity contribution in [2.45, 2.75) is 0 Å². The van der Waals surface area contributed by atoms with E-state index in [2.05, 4.69) is 5.32 Å². The zero-order chi connectivity index (χ0) is 15.5. The Balaban J connectivity index is 2.35. The van der Waals surface area contributed by atoms with Crippen molar-refractivity contribution < 1.29 is 19.0 Å². The van der Waals surface area contributed by atoms with Crippen LogP contribution in [0.5, 0.6) is 5.75 Å². The third kappa shape index (κ3) is 7.17. The third-order valence-electron chi connectivity index (χ3n) is 2.69. The van der Waals surface area contributed by atoms with Crippen LogP contribution in [0.15, 0.2) is 24.3 Å². The monoisotopic (exact) mass is 316 g/mol. The largest absolute Gasteiger partial charge is 0.473 e. The van der Waals surface area contributed by atoms with Crippen molar-refractivity contribution in [3.8, 4) is 5.75 Å². The molecule has 0 bridgehead atoms. The van der Waals surface area contributed by atoms with E-state index in [1.165, 1.54) is 0 Å². The normalized spacial score (nSPS) is 10.2. The fourth-order valence-electron chi connectivity index (χ4n) is 1.54. The van der Waals surface area contributed by atoms with Gasteiger partial charge in [-0.05, 0) is 24.3 Å². The molecule has 0 fully saturated rings. The van der Waals surface area contributed by atoms with Gasteiger partial charge >= 0.3 is 6.03 Å². The summed E-state index contributed by atoms with van der Waals surface area (Å²) in [4.78, 5) is 13.6. The number of ether oxygens (including phenoxy) is 3. The summed E-state index contributed by atoms with van der Waals surface area (Å²) >= 11 is 5.78. The molecule has 0 atom stereocenters. The first kappa shape index (κ1) is 17.6. The van der Waals surface area contributed by atoms with E-state index in [0.717, 1.165) is 0 Å². The van der Waals surface area contributed by atoms with Crippen LogP contribution in [-0.4, -0.2) is 58.2 Å².